The van der Waals surface area contributed by atoms with Crippen molar-refractivity contribution in [2.24, 2.45) is 0 Å². The summed E-state index contributed by atoms with van der Waals surface area (Å²) in [6.07, 6.45) is -3.23. The number of nitrogens with zero attached hydrogens (tertiary/aromatic N) is 4. The fourth-order valence-corrected chi connectivity index (χ4v) is 4.04. The van der Waals surface area contributed by atoms with E-state index in [1.807, 2.05) is 28.5 Å². The molecule has 0 radical (unpaired) electrons. The van der Waals surface area contributed by atoms with Gasteiger partial charge in [-0.2, -0.15) is 13.2 Å². The minimum atomic E-state index is -4.37. The predicted molar refractivity (Wildman–Crippen MR) is 118 cm³/mol. The van der Waals surface area contributed by atoms with Crippen LogP contribution in [-0.4, -0.2) is 45.2 Å². The molecule has 1 aliphatic heterocycles. The van der Waals surface area contributed by atoms with E-state index in [0.717, 1.165) is 23.3 Å². The summed E-state index contributed by atoms with van der Waals surface area (Å²) in [5, 5.41) is 11.4. The molecule has 0 unspecified atom stereocenters. The van der Waals surface area contributed by atoms with Crippen molar-refractivity contribution in [3.63, 3.8) is 0 Å². The fourth-order valence-electron chi connectivity index (χ4n) is 4.04. The Morgan fingerprint density at radius 2 is 1.79 bits per heavy atom. The number of benzene rings is 2. The third-order valence-corrected chi connectivity index (χ3v) is 5.86. The average Bonchev–Trinajstić information content (AvgIpc) is 3.05. The number of aromatic nitrogens is 3. The highest BCUT2D eigenvalue weighted by molar-refractivity contribution is 5.94. The van der Waals surface area contributed by atoms with Crippen molar-refractivity contribution in [1.29, 1.82) is 0 Å². The molecule has 3 aromatic rings. The highest BCUT2D eigenvalue weighted by atomic mass is 19.4. The van der Waals surface area contributed by atoms with Gasteiger partial charge in [-0.1, -0.05) is 35.9 Å². The summed E-state index contributed by atoms with van der Waals surface area (Å²) in [5.74, 6) is 1.45. The second kappa shape index (κ2) is 9.74. The first-order valence-corrected chi connectivity index (χ1v) is 10.9. The van der Waals surface area contributed by atoms with Crippen LogP contribution >= 0.6 is 0 Å². The van der Waals surface area contributed by atoms with Crippen molar-refractivity contribution in [3.05, 3.63) is 82.4 Å². The number of carbonyl (C=O) groups excluding carboxylic acids is 1. The molecular weight excluding hydrogens is 431 g/mol. The Labute approximate surface area is 190 Å². The lowest BCUT2D eigenvalue weighted by Crippen LogP contribution is -2.28. The monoisotopic (exact) mass is 457 g/mol. The molecule has 4 rings (SSSR count). The van der Waals surface area contributed by atoms with E-state index < -0.39 is 11.7 Å². The van der Waals surface area contributed by atoms with Crippen LogP contribution in [0.4, 0.5) is 13.2 Å². The number of hydrogen-bond acceptors (Lipinski definition) is 4. The van der Waals surface area contributed by atoms with Crippen molar-refractivity contribution in [2.75, 3.05) is 19.6 Å². The molecule has 1 aromatic heterocycles. The van der Waals surface area contributed by atoms with Crippen LogP contribution in [0, 0.1) is 6.92 Å². The number of carbonyl (C=O) groups is 1. The quantitative estimate of drug-likeness (QED) is 0.614. The predicted octanol–water partition coefficient (Wildman–Crippen LogP) is 3.64. The second-order valence-electron chi connectivity index (χ2n) is 8.24. The lowest BCUT2D eigenvalue weighted by molar-refractivity contribution is -0.138. The molecule has 1 amide bonds. The van der Waals surface area contributed by atoms with Gasteiger partial charge in [0.25, 0.3) is 5.91 Å². The molecule has 6 nitrogen and oxygen atoms in total. The molecule has 1 N–H and O–H groups in total. The van der Waals surface area contributed by atoms with Crippen LogP contribution in [0.5, 0.6) is 0 Å². The maximum absolute atomic E-state index is 13.3. The molecule has 0 saturated carbocycles. The smallest absolute Gasteiger partial charge is 0.352 e. The van der Waals surface area contributed by atoms with Crippen LogP contribution in [0.2, 0.25) is 0 Å². The van der Waals surface area contributed by atoms with Crippen molar-refractivity contribution < 1.29 is 18.0 Å². The number of alkyl halides is 3. The molecular formula is C24H26F3N5O. The van der Waals surface area contributed by atoms with Gasteiger partial charge in [-0.3, -0.25) is 9.69 Å². The summed E-state index contributed by atoms with van der Waals surface area (Å²) >= 11 is 0. The van der Waals surface area contributed by atoms with E-state index in [4.69, 9.17) is 0 Å². The topological polar surface area (TPSA) is 63.1 Å². The van der Waals surface area contributed by atoms with Gasteiger partial charge in [-0.05, 0) is 30.7 Å². The van der Waals surface area contributed by atoms with Gasteiger partial charge in [0.1, 0.15) is 11.6 Å². The number of nitrogens with one attached hydrogen (secondary N) is 1. The Morgan fingerprint density at radius 3 is 2.55 bits per heavy atom. The SMILES string of the molecule is Cc1ccc(C(=O)NCCc2nnc3n2CCN(Cc2ccccc2C(F)(F)F)CC3)cc1. The highest BCUT2D eigenvalue weighted by Crippen LogP contribution is 2.32. The Bertz CT molecular complexity index is 1110. The Balaban J connectivity index is 1.34. The first kappa shape index (κ1) is 23.0. The van der Waals surface area contributed by atoms with Crippen LogP contribution in [0.3, 0.4) is 0 Å². The Kier molecular flexibility index (Phi) is 6.78. The molecule has 0 saturated heterocycles. The molecule has 0 aliphatic carbocycles. The standard InChI is InChI=1S/C24H26F3N5O/c1-17-6-8-18(9-7-17)23(33)28-12-10-21-29-30-22-11-13-31(14-15-32(21)22)16-19-4-2-3-5-20(19)24(25,26)27/h2-9H,10-16H2,1H3,(H,28,33). The van der Waals surface area contributed by atoms with Gasteiger partial charge >= 0.3 is 6.18 Å². The summed E-state index contributed by atoms with van der Waals surface area (Å²) < 4.78 is 42.0. The van der Waals surface area contributed by atoms with Gasteiger partial charge in [0, 0.05) is 51.1 Å². The summed E-state index contributed by atoms with van der Waals surface area (Å²) in [5.41, 5.74) is 1.39. The number of fused-ring (bicyclic) bond motifs is 1. The minimum absolute atomic E-state index is 0.139. The van der Waals surface area contributed by atoms with Crippen molar-refractivity contribution in [1.82, 2.24) is 25.0 Å². The number of aryl methyl sites for hydroxylation is 1. The third kappa shape index (κ3) is 5.60. The van der Waals surface area contributed by atoms with E-state index in [1.165, 1.54) is 12.1 Å². The molecule has 174 valence electrons. The zero-order valence-corrected chi connectivity index (χ0v) is 18.4. The summed E-state index contributed by atoms with van der Waals surface area (Å²) in [7, 11) is 0. The van der Waals surface area contributed by atoms with E-state index >= 15 is 0 Å². The first-order valence-electron chi connectivity index (χ1n) is 10.9. The van der Waals surface area contributed by atoms with Gasteiger partial charge in [-0.15, -0.1) is 10.2 Å². The van der Waals surface area contributed by atoms with Crippen LogP contribution in [-0.2, 0) is 32.1 Å². The van der Waals surface area contributed by atoms with E-state index in [0.29, 0.717) is 44.6 Å². The molecule has 2 aromatic carbocycles. The molecule has 0 atom stereocenters. The molecule has 9 heteroatoms. The van der Waals surface area contributed by atoms with Gasteiger partial charge in [0.2, 0.25) is 0 Å². The lowest BCUT2D eigenvalue weighted by Gasteiger charge is -2.22. The molecule has 2 heterocycles. The van der Waals surface area contributed by atoms with Crippen LogP contribution in [0.15, 0.2) is 48.5 Å². The van der Waals surface area contributed by atoms with Crippen LogP contribution in [0.1, 0.15) is 38.7 Å². The highest BCUT2D eigenvalue weighted by Gasteiger charge is 2.33. The zero-order chi connectivity index (χ0) is 23.4. The van der Waals surface area contributed by atoms with E-state index in [2.05, 4.69) is 15.5 Å². The second-order valence-corrected chi connectivity index (χ2v) is 8.24. The fraction of sp³-hybridized carbons (Fsp3) is 0.375. The average molecular weight is 458 g/mol. The zero-order valence-electron chi connectivity index (χ0n) is 18.4. The molecule has 0 bridgehead atoms. The first-order chi connectivity index (χ1) is 15.8. The van der Waals surface area contributed by atoms with Gasteiger partial charge in [0.15, 0.2) is 0 Å². The van der Waals surface area contributed by atoms with Crippen LogP contribution in [0.25, 0.3) is 0 Å². The van der Waals surface area contributed by atoms with Gasteiger partial charge in [0.05, 0.1) is 5.56 Å². The number of rotatable bonds is 6. The Morgan fingerprint density at radius 1 is 1.03 bits per heavy atom. The molecule has 1 aliphatic rings. The minimum Gasteiger partial charge on any atom is -0.352 e. The largest absolute Gasteiger partial charge is 0.416 e. The summed E-state index contributed by atoms with van der Waals surface area (Å²) in [4.78, 5) is 14.3. The van der Waals surface area contributed by atoms with Gasteiger partial charge in [-0.25, -0.2) is 0 Å². The molecule has 0 spiro atoms. The lowest BCUT2D eigenvalue weighted by atomic mass is 10.1. The maximum Gasteiger partial charge on any atom is 0.416 e. The van der Waals surface area contributed by atoms with E-state index in [9.17, 15) is 18.0 Å². The van der Waals surface area contributed by atoms with Gasteiger partial charge < -0.3 is 9.88 Å². The van der Waals surface area contributed by atoms with Crippen molar-refractivity contribution in [2.45, 2.75) is 39.0 Å². The normalized spacial score (nSPS) is 14.5. The molecule has 33 heavy (non-hydrogen) atoms. The van der Waals surface area contributed by atoms with E-state index in [1.54, 1.807) is 18.2 Å². The number of amides is 1. The Hall–Kier alpha value is -3.20. The summed E-state index contributed by atoms with van der Waals surface area (Å²) in [6.45, 7) is 4.42. The van der Waals surface area contributed by atoms with Crippen molar-refractivity contribution in [3.8, 4) is 0 Å². The van der Waals surface area contributed by atoms with Crippen LogP contribution < -0.4 is 5.32 Å². The van der Waals surface area contributed by atoms with Crippen molar-refractivity contribution >= 4 is 5.91 Å². The number of hydrogen-bond donors (Lipinski definition) is 1. The number of halogens is 3. The maximum atomic E-state index is 13.3. The molecule has 0 fully saturated rings. The third-order valence-electron chi connectivity index (χ3n) is 5.86. The van der Waals surface area contributed by atoms with E-state index in [-0.39, 0.29) is 18.0 Å². The summed E-state index contributed by atoms with van der Waals surface area (Å²) in [6, 6.07) is 13.1.